The summed E-state index contributed by atoms with van der Waals surface area (Å²) in [5, 5.41) is 9.21. The van der Waals surface area contributed by atoms with E-state index in [2.05, 4.69) is 20.5 Å². The zero-order valence-corrected chi connectivity index (χ0v) is 17.8. The molecule has 3 heterocycles. The van der Waals surface area contributed by atoms with Gasteiger partial charge < -0.3 is 5.32 Å². The fraction of sp³-hybridized carbons (Fsp3) is 0.474. The summed E-state index contributed by atoms with van der Waals surface area (Å²) < 4.78 is 80.7. The van der Waals surface area contributed by atoms with Crippen molar-refractivity contribution >= 4 is 23.2 Å². The molecule has 0 unspecified atom stereocenters. The summed E-state index contributed by atoms with van der Waals surface area (Å²) in [4.78, 5) is 16.6. The smallest absolute Gasteiger partial charge is 0.351 e. The molecule has 0 saturated heterocycles. The lowest BCUT2D eigenvalue weighted by atomic mass is 10.2. The quantitative estimate of drug-likeness (QED) is 0.401. The van der Waals surface area contributed by atoms with Gasteiger partial charge in [0.15, 0.2) is 17.0 Å². The number of alkyl halides is 6. The monoisotopic (exact) mass is 494 g/mol. The van der Waals surface area contributed by atoms with Crippen molar-refractivity contribution in [2.75, 3.05) is 6.54 Å². The van der Waals surface area contributed by atoms with Crippen LogP contribution in [0, 0.1) is 6.92 Å². The molecule has 0 radical (unpaired) electrons. The summed E-state index contributed by atoms with van der Waals surface area (Å²) in [6, 6.07) is 2.12. The predicted molar refractivity (Wildman–Crippen MR) is 104 cm³/mol. The summed E-state index contributed by atoms with van der Waals surface area (Å²) in [5.41, 5.74) is -2.09. The van der Waals surface area contributed by atoms with Crippen molar-refractivity contribution < 1.29 is 31.1 Å². The number of aryl methyl sites for hydroxylation is 1. The van der Waals surface area contributed by atoms with E-state index in [0.717, 1.165) is 23.6 Å². The average Bonchev–Trinajstić information content (AvgIpc) is 3.41. The zero-order valence-electron chi connectivity index (χ0n) is 17.1. The van der Waals surface area contributed by atoms with Crippen LogP contribution in [0.3, 0.4) is 0 Å². The van der Waals surface area contributed by atoms with Crippen LogP contribution in [0.4, 0.5) is 26.3 Å². The molecule has 1 aliphatic rings. The topological polar surface area (TPSA) is 77.1 Å². The minimum atomic E-state index is -4.69. The minimum Gasteiger partial charge on any atom is -0.351 e. The third-order valence-corrected chi connectivity index (χ3v) is 5.65. The minimum absolute atomic E-state index is 0.0257. The highest BCUT2D eigenvalue weighted by atomic mass is 35.5. The molecule has 1 aliphatic carbocycles. The Morgan fingerprint density at radius 1 is 1.15 bits per heavy atom. The fourth-order valence-corrected chi connectivity index (χ4v) is 3.58. The van der Waals surface area contributed by atoms with Crippen molar-refractivity contribution in [3.8, 4) is 0 Å². The summed E-state index contributed by atoms with van der Waals surface area (Å²) in [6.07, 6.45) is -7.65. The molecule has 3 aromatic rings. The lowest BCUT2D eigenvalue weighted by Gasteiger charge is -2.10. The molecule has 1 fully saturated rings. The number of nitrogens with one attached hydrogen (secondary N) is 1. The van der Waals surface area contributed by atoms with Gasteiger partial charge in [-0.2, -0.15) is 36.5 Å². The molecule has 4 rings (SSSR count). The number of carbonyl (C=O) groups is 1. The Morgan fingerprint density at radius 2 is 1.85 bits per heavy atom. The van der Waals surface area contributed by atoms with Crippen molar-refractivity contribution in [3.05, 3.63) is 45.6 Å². The van der Waals surface area contributed by atoms with E-state index in [-0.39, 0.29) is 42.5 Å². The van der Waals surface area contributed by atoms with Crippen LogP contribution in [0.15, 0.2) is 12.1 Å². The highest BCUT2D eigenvalue weighted by Gasteiger charge is 2.39. The second-order valence-corrected chi connectivity index (χ2v) is 8.09. The molecule has 7 nitrogen and oxygen atoms in total. The second-order valence-electron chi connectivity index (χ2n) is 7.72. The van der Waals surface area contributed by atoms with Crippen LogP contribution < -0.4 is 5.32 Å². The maximum Gasteiger partial charge on any atom is 0.436 e. The molecule has 3 aromatic heterocycles. The number of amides is 1. The van der Waals surface area contributed by atoms with Gasteiger partial charge in [-0.1, -0.05) is 11.6 Å². The summed E-state index contributed by atoms with van der Waals surface area (Å²) in [7, 11) is 0. The van der Waals surface area contributed by atoms with E-state index >= 15 is 0 Å². The molecule has 0 spiro atoms. The van der Waals surface area contributed by atoms with Gasteiger partial charge in [-0.25, -0.2) is 9.50 Å². The summed E-state index contributed by atoms with van der Waals surface area (Å²) in [5.74, 6) is -0.756. The average molecular weight is 495 g/mol. The molecule has 0 aromatic carbocycles. The van der Waals surface area contributed by atoms with Gasteiger partial charge in [-0.05, 0) is 32.3 Å². The second kappa shape index (κ2) is 8.19. The number of aromatic nitrogens is 5. The van der Waals surface area contributed by atoms with Crippen LogP contribution in [0.25, 0.3) is 5.65 Å². The standard InChI is InChI=1S/C19H17ClF6N6O/c1-9-15(20)16(19(24,25)26)30-31(9)6-2-5-27-17(33)12-8-14-28-11(10-3-4-10)7-13(18(21,22)23)32(14)29-12/h7-8,10H,2-6H2,1H3,(H,27,33). The van der Waals surface area contributed by atoms with Gasteiger partial charge in [0.05, 0.1) is 10.7 Å². The van der Waals surface area contributed by atoms with Crippen LogP contribution in [0.2, 0.25) is 5.02 Å². The van der Waals surface area contributed by atoms with Gasteiger partial charge in [-0.15, -0.1) is 0 Å². The molecule has 0 bridgehead atoms. The van der Waals surface area contributed by atoms with Crippen molar-refractivity contribution in [2.45, 2.75) is 51.0 Å². The highest BCUT2D eigenvalue weighted by Crippen LogP contribution is 2.41. The van der Waals surface area contributed by atoms with Gasteiger partial charge >= 0.3 is 12.4 Å². The summed E-state index contributed by atoms with van der Waals surface area (Å²) in [6.45, 7) is 1.45. The Bertz CT molecular complexity index is 1210. The first-order valence-electron chi connectivity index (χ1n) is 9.92. The first-order valence-corrected chi connectivity index (χ1v) is 10.3. The lowest BCUT2D eigenvalue weighted by Crippen LogP contribution is -2.26. The van der Waals surface area contributed by atoms with Crippen molar-refractivity contribution in [2.24, 2.45) is 0 Å². The Hall–Kier alpha value is -2.83. The van der Waals surface area contributed by atoms with Crippen LogP contribution in [-0.4, -0.2) is 36.8 Å². The number of hydrogen-bond donors (Lipinski definition) is 1. The normalized spacial score (nSPS) is 14.8. The van der Waals surface area contributed by atoms with E-state index in [4.69, 9.17) is 11.6 Å². The third-order valence-electron chi connectivity index (χ3n) is 5.20. The molecule has 1 saturated carbocycles. The predicted octanol–water partition coefficient (Wildman–Crippen LogP) is 4.62. The zero-order chi connectivity index (χ0) is 24.1. The van der Waals surface area contributed by atoms with E-state index in [1.165, 1.54) is 13.0 Å². The van der Waals surface area contributed by atoms with Crippen molar-refractivity contribution in [3.63, 3.8) is 0 Å². The Labute approximate surface area is 187 Å². The number of fused-ring (bicyclic) bond motifs is 1. The molecule has 0 aliphatic heterocycles. The van der Waals surface area contributed by atoms with E-state index in [9.17, 15) is 31.1 Å². The number of nitrogens with zero attached hydrogens (tertiary/aromatic N) is 5. The van der Waals surface area contributed by atoms with Crippen molar-refractivity contribution in [1.82, 2.24) is 29.7 Å². The number of rotatable bonds is 6. The number of carbonyl (C=O) groups excluding carboxylic acids is 1. The van der Waals surface area contributed by atoms with Gasteiger partial charge in [0, 0.05) is 30.8 Å². The first-order chi connectivity index (χ1) is 15.4. The van der Waals surface area contributed by atoms with E-state index in [1.807, 2.05) is 0 Å². The Morgan fingerprint density at radius 3 is 2.42 bits per heavy atom. The van der Waals surface area contributed by atoms with Crippen LogP contribution in [-0.2, 0) is 18.9 Å². The highest BCUT2D eigenvalue weighted by molar-refractivity contribution is 6.31. The molecule has 178 valence electrons. The molecular weight excluding hydrogens is 478 g/mol. The maximum atomic E-state index is 13.5. The van der Waals surface area contributed by atoms with E-state index < -0.39 is 34.7 Å². The van der Waals surface area contributed by atoms with Gasteiger partial charge in [0.25, 0.3) is 5.91 Å². The lowest BCUT2D eigenvalue weighted by molar-refractivity contribution is -0.143. The molecule has 14 heteroatoms. The molecule has 1 N–H and O–H groups in total. The largest absolute Gasteiger partial charge is 0.436 e. The maximum absolute atomic E-state index is 13.5. The van der Waals surface area contributed by atoms with E-state index in [1.54, 1.807) is 0 Å². The SMILES string of the molecule is Cc1c(Cl)c(C(F)(F)F)nn1CCCNC(=O)c1cc2nc(C3CC3)cc(C(F)(F)F)n2n1. The van der Waals surface area contributed by atoms with E-state index in [0.29, 0.717) is 10.2 Å². The number of hydrogen-bond acceptors (Lipinski definition) is 4. The van der Waals surface area contributed by atoms with Gasteiger partial charge in [0.2, 0.25) is 0 Å². The van der Waals surface area contributed by atoms with Crippen LogP contribution >= 0.6 is 11.6 Å². The number of halogens is 7. The molecule has 0 atom stereocenters. The molecule has 33 heavy (non-hydrogen) atoms. The van der Waals surface area contributed by atoms with Crippen LogP contribution in [0.1, 0.15) is 58.4 Å². The Kier molecular flexibility index (Phi) is 5.79. The molecular formula is C19H17ClF6N6O. The first kappa shape index (κ1) is 23.3. The van der Waals surface area contributed by atoms with Crippen LogP contribution in [0.5, 0.6) is 0 Å². The summed E-state index contributed by atoms with van der Waals surface area (Å²) >= 11 is 5.69. The third kappa shape index (κ3) is 4.77. The van der Waals surface area contributed by atoms with Gasteiger partial charge in [0.1, 0.15) is 5.69 Å². The Balaban J connectivity index is 1.44. The molecule has 1 amide bonds. The fourth-order valence-electron chi connectivity index (χ4n) is 3.34. The van der Waals surface area contributed by atoms with Gasteiger partial charge in [-0.3, -0.25) is 9.48 Å². The van der Waals surface area contributed by atoms with Crippen molar-refractivity contribution in [1.29, 1.82) is 0 Å².